The minimum Gasteiger partial charge on any atom is -0.477 e. The molecule has 7 rings (SSSR count). The van der Waals surface area contributed by atoms with E-state index in [1.807, 2.05) is 24.3 Å². The molecule has 0 bridgehead atoms. The number of nitrogens with zero attached hydrogens (tertiary/aromatic N) is 3. The predicted molar refractivity (Wildman–Crippen MR) is 165 cm³/mol. The Morgan fingerprint density at radius 3 is 1.59 bits per heavy atom. The van der Waals surface area contributed by atoms with Crippen LogP contribution in [0, 0.1) is 11.3 Å². The molecule has 0 saturated heterocycles. The number of carboxylic acids is 1. The van der Waals surface area contributed by atoms with Gasteiger partial charge in [-0.05, 0) is 66.2 Å². The molecule has 0 radical (unpaired) electrons. The number of rotatable bonds is 5. The molecular weight excluding hydrogens is 506 g/mol. The van der Waals surface area contributed by atoms with Crippen molar-refractivity contribution >= 4 is 55.7 Å². The first kappa shape index (κ1) is 24.2. The normalized spacial score (nSPS) is 12.1. The van der Waals surface area contributed by atoms with E-state index in [-0.39, 0.29) is 5.57 Å². The Morgan fingerprint density at radius 2 is 1.10 bits per heavy atom. The molecule has 41 heavy (non-hydrogen) atoms. The van der Waals surface area contributed by atoms with E-state index < -0.39 is 5.97 Å². The van der Waals surface area contributed by atoms with Gasteiger partial charge in [0.1, 0.15) is 11.6 Å². The summed E-state index contributed by atoms with van der Waals surface area (Å²) < 4.78 is 4.58. The smallest absolute Gasteiger partial charge is 0.346 e. The Morgan fingerprint density at radius 1 is 0.634 bits per heavy atom. The fraction of sp³-hybridized carbons (Fsp3) is 0. The van der Waals surface area contributed by atoms with E-state index in [0.717, 1.165) is 38.7 Å². The van der Waals surface area contributed by atoms with Crippen molar-refractivity contribution < 1.29 is 9.90 Å². The fourth-order valence-corrected chi connectivity index (χ4v) is 5.74. The molecule has 0 aliphatic heterocycles. The number of nitriles is 1. The lowest BCUT2D eigenvalue weighted by Gasteiger charge is -2.11. The topological polar surface area (TPSA) is 71.0 Å². The highest BCUT2D eigenvalue weighted by Gasteiger charge is 2.14. The number of carbonyl (C=O) groups is 1. The Bertz CT molecular complexity index is 2190. The second-order valence-corrected chi connectivity index (χ2v) is 9.87. The summed E-state index contributed by atoms with van der Waals surface area (Å²) in [5.74, 6) is -1.24. The zero-order valence-corrected chi connectivity index (χ0v) is 21.9. The number of allylic oxidation sites excluding steroid dienone is 2. The van der Waals surface area contributed by atoms with E-state index >= 15 is 0 Å². The summed E-state index contributed by atoms with van der Waals surface area (Å²) in [7, 11) is 0. The lowest BCUT2D eigenvalue weighted by atomic mass is 10.1. The molecule has 2 heterocycles. The zero-order valence-electron chi connectivity index (χ0n) is 21.9. The SMILES string of the molecule is N#C/C(=C\C=C\c1ccc2c(c1)c1ccccc1n2-c1ccc(-n2c3ccccc3c3ccccc32)cc1)C(=O)O. The molecule has 0 aliphatic carbocycles. The van der Waals surface area contributed by atoms with Crippen molar-refractivity contribution in [3.63, 3.8) is 0 Å². The van der Waals surface area contributed by atoms with E-state index in [0.29, 0.717) is 0 Å². The second kappa shape index (κ2) is 9.71. The first-order valence-corrected chi connectivity index (χ1v) is 13.3. The maximum atomic E-state index is 11.1. The highest BCUT2D eigenvalue weighted by atomic mass is 16.4. The molecule has 0 fully saturated rings. The van der Waals surface area contributed by atoms with Gasteiger partial charge in [-0.3, -0.25) is 0 Å². The third-order valence-corrected chi connectivity index (χ3v) is 7.55. The summed E-state index contributed by atoms with van der Waals surface area (Å²) in [5.41, 5.74) is 7.32. The zero-order chi connectivity index (χ0) is 27.9. The number of fused-ring (bicyclic) bond motifs is 6. The van der Waals surface area contributed by atoms with Gasteiger partial charge in [0.25, 0.3) is 0 Å². The Kier molecular flexibility index (Phi) is 5.73. The molecule has 0 unspecified atom stereocenters. The molecular formula is C36H23N3O2. The third-order valence-electron chi connectivity index (χ3n) is 7.55. The van der Waals surface area contributed by atoms with Crippen LogP contribution in [0.25, 0.3) is 61.1 Å². The highest BCUT2D eigenvalue weighted by Crippen LogP contribution is 2.35. The van der Waals surface area contributed by atoms with Gasteiger partial charge in [0.05, 0.1) is 22.1 Å². The number of benzene rings is 5. The highest BCUT2D eigenvalue weighted by molar-refractivity contribution is 6.10. The van der Waals surface area contributed by atoms with Crippen LogP contribution in [0.5, 0.6) is 0 Å². The van der Waals surface area contributed by atoms with Gasteiger partial charge in [0.2, 0.25) is 0 Å². The van der Waals surface area contributed by atoms with Crippen molar-refractivity contribution in [2.75, 3.05) is 0 Å². The van der Waals surface area contributed by atoms with E-state index in [1.54, 1.807) is 12.1 Å². The first-order valence-electron chi connectivity index (χ1n) is 13.3. The number of hydrogen-bond donors (Lipinski definition) is 1. The molecule has 0 aliphatic rings. The van der Waals surface area contributed by atoms with Crippen molar-refractivity contribution in [3.8, 4) is 17.4 Å². The summed E-state index contributed by atoms with van der Waals surface area (Å²) in [4.78, 5) is 11.1. The van der Waals surface area contributed by atoms with E-state index in [2.05, 4.69) is 106 Å². The molecule has 7 aromatic rings. The van der Waals surface area contributed by atoms with Crippen molar-refractivity contribution in [1.82, 2.24) is 9.13 Å². The van der Waals surface area contributed by atoms with E-state index in [4.69, 9.17) is 10.4 Å². The van der Waals surface area contributed by atoms with Gasteiger partial charge in [-0.25, -0.2) is 4.79 Å². The average Bonchev–Trinajstić information content (AvgIpc) is 3.52. The van der Waals surface area contributed by atoms with Crippen LogP contribution in [0.2, 0.25) is 0 Å². The van der Waals surface area contributed by atoms with Crippen LogP contribution in [0.1, 0.15) is 5.56 Å². The summed E-state index contributed by atoms with van der Waals surface area (Å²) in [6.07, 6.45) is 4.72. The molecule has 1 N–H and O–H groups in total. The third kappa shape index (κ3) is 3.98. The van der Waals surface area contributed by atoms with Gasteiger partial charge in [-0.1, -0.05) is 72.8 Å². The molecule has 5 nitrogen and oxygen atoms in total. The van der Waals surface area contributed by atoms with E-state index in [1.165, 1.54) is 27.9 Å². The van der Waals surface area contributed by atoms with Crippen LogP contribution >= 0.6 is 0 Å². The van der Waals surface area contributed by atoms with Gasteiger partial charge in [0, 0.05) is 32.9 Å². The van der Waals surface area contributed by atoms with Crippen molar-refractivity contribution in [3.05, 3.63) is 139 Å². The number of aliphatic carboxylic acids is 1. The largest absolute Gasteiger partial charge is 0.477 e. The number of aromatic nitrogens is 2. The summed E-state index contributed by atoms with van der Waals surface area (Å²) in [6.45, 7) is 0. The predicted octanol–water partition coefficient (Wildman–Crippen LogP) is 8.43. The number of hydrogen-bond acceptors (Lipinski definition) is 2. The fourth-order valence-electron chi connectivity index (χ4n) is 5.74. The first-order chi connectivity index (χ1) is 20.1. The standard InChI is InChI=1S/C36H23N3O2/c37-23-25(36(40)41)9-7-8-24-16-21-35-31(22-24)30-12-3-6-15-34(30)39(35)27-19-17-26(18-20-27)38-32-13-4-1-10-28(32)29-11-2-5-14-33(29)38/h1-22H,(H,40,41)/b8-7+,25-9+. The molecule has 194 valence electrons. The minimum absolute atomic E-state index is 0.303. The van der Waals surface area contributed by atoms with Crippen molar-refractivity contribution in [2.45, 2.75) is 0 Å². The molecule has 2 aromatic heterocycles. The molecule has 0 atom stereocenters. The second-order valence-electron chi connectivity index (χ2n) is 9.87. The molecule has 0 spiro atoms. The number of para-hydroxylation sites is 3. The minimum atomic E-state index is -1.24. The Labute approximate surface area is 235 Å². The van der Waals surface area contributed by atoms with Crippen LogP contribution in [-0.2, 0) is 4.79 Å². The van der Waals surface area contributed by atoms with Gasteiger partial charge in [0.15, 0.2) is 0 Å². The summed E-state index contributed by atoms with van der Waals surface area (Å²) in [6, 6.07) is 41.9. The monoisotopic (exact) mass is 529 g/mol. The molecule has 5 heteroatoms. The molecule has 0 amide bonds. The van der Waals surface area contributed by atoms with Crippen molar-refractivity contribution in [1.29, 1.82) is 5.26 Å². The van der Waals surface area contributed by atoms with Gasteiger partial charge in [-0.15, -0.1) is 0 Å². The summed E-state index contributed by atoms with van der Waals surface area (Å²) >= 11 is 0. The van der Waals surface area contributed by atoms with Crippen LogP contribution < -0.4 is 0 Å². The molecule has 0 saturated carbocycles. The lowest BCUT2D eigenvalue weighted by Crippen LogP contribution is -1.97. The summed E-state index contributed by atoms with van der Waals surface area (Å²) in [5, 5.41) is 22.8. The maximum absolute atomic E-state index is 11.1. The van der Waals surface area contributed by atoms with Crippen LogP contribution in [0.3, 0.4) is 0 Å². The van der Waals surface area contributed by atoms with Gasteiger partial charge >= 0.3 is 5.97 Å². The van der Waals surface area contributed by atoms with Crippen LogP contribution in [-0.4, -0.2) is 20.2 Å². The van der Waals surface area contributed by atoms with Crippen LogP contribution in [0.15, 0.2) is 133 Å². The van der Waals surface area contributed by atoms with E-state index in [9.17, 15) is 4.79 Å². The lowest BCUT2D eigenvalue weighted by molar-refractivity contribution is -0.132. The Hall–Kier alpha value is -5.86. The van der Waals surface area contributed by atoms with Gasteiger partial charge < -0.3 is 14.2 Å². The number of carboxylic acid groups (broad SMARTS) is 1. The van der Waals surface area contributed by atoms with Crippen LogP contribution in [0.4, 0.5) is 0 Å². The maximum Gasteiger partial charge on any atom is 0.346 e. The molecule has 5 aromatic carbocycles. The quantitative estimate of drug-likeness (QED) is 0.138. The van der Waals surface area contributed by atoms with Gasteiger partial charge in [-0.2, -0.15) is 5.26 Å². The Balaban J connectivity index is 1.34. The van der Waals surface area contributed by atoms with Crippen molar-refractivity contribution in [2.24, 2.45) is 0 Å². The average molecular weight is 530 g/mol.